The lowest BCUT2D eigenvalue weighted by Crippen LogP contribution is -2.59. The summed E-state index contributed by atoms with van der Waals surface area (Å²) in [6.45, 7) is 1.95. The highest BCUT2D eigenvalue weighted by Gasteiger charge is 2.88. The highest BCUT2D eigenvalue weighted by Crippen LogP contribution is 2.70. The monoisotopic (exact) mass is 1160 g/mol. The van der Waals surface area contributed by atoms with E-state index in [1.165, 1.54) is 0 Å². The Morgan fingerprint density at radius 3 is 1.27 bits per heavy atom. The molecule has 3 aromatic rings. The van der Waals surface area contributed by atoms with E-state index in [0.29, 0.717) is 41.3 Å². The van der Waals surface area contributed by atoms with Crippen LogP contribution in [0.4, 0.5) is 22.8 Å². The number of hydrogen-bond acceptors (Lipinski definition) is 12. The smallest absolute Gasteiger partial charge is 0.344 e. The van der Waals surface area contributed by atoms with Crippen molar-refractivity contribution < 1.29 is 80.7 Å². The van der Waals surface area contributed by atoms with Gasteiger partial charge in [-0.15, -0.1) is 0 Å². The number of carbonyl (C=O) groups is 8. The summed E-state index contributed by atoms with van der Waals surface area (Å²) < 4.78 is 65.8. The molecule has 6 saturated carbocycles. The zero-order valence-corrected chi connectivity index (χ0v) is 43.1. The van der Waals surface area contributed by atoms with Crippen LogP contribution in [-0.2, 0) is 67.5 Å². The molecule has 8 fully saturated rings. The molecule has 8 aliphatic rings. The van der Waals surface area contributed by atoms with E-state index in [1.54, 1.807) is 61.5 Å². The third-order valence-corrected chi connectivity index (χ3v) is 17.5. The van der Waals surface area contributed by atoms with E-state index in [4.69, 9.17) is 88.6 Å². The third-order valence-electron chi connectivity index (χ3n) is 15.3. The van der Waals surface area contributed by atoms with Crippen LogP contribution in [0, 0.1) is 35.5 Å². The molecular weight excluding hydrogens is 1130 g/mol. The Hall–Kier alpha value is -4.97. The molecule has 2 spiro atoms. The second kappa shape index (κ2) is 19.8. The first-order valence-corrected chi connectivity index (χ1v) is 25.3. The van der Waals surface area contributed by atoms with Gasteiger partial charge < -0.3 is 39.8 Å². The van der Waals surface area contributed by atoms with Crippen LogP contribution < -0.4 is 21.3 Å². The molecule has 2 heterocycles. The number of hydrogen-bond donors (Lipinski definition) is 6. The number of fused-ring (bicyclic) bond motifs is 5. The number of alkyl halides is 3. The highest BCUT2D eigenvalue weighted by molar-refractivity contribution is 6.43. The Morgan fingerprint density at radius 2 is 0.960 bits per heavy atom. The fourth-order valence-corrected chi connectivity index (χ4v) is 12.6. The topological polar surface area (TPSA) is 262 Å². The summed E-state index contributed by atoms with van der Waals surface area (Å²) in [6, 6.07) is 13.2. The van der Waals surface area contributed by atoms with Gasteiger partial charge in [-0.25, -0.2) is 37.1 Å². The van der Waals surface area contributed by atoms with Crippen LogP contribution in [0.1, 0.15) is 42.9 Å². The van der Waals surface area contributed by atoms with Gasteiger partial charge in [0.15, 0.2) is 16.9 Å². The quantitative estimate of drug-likeness (QED) is 0.0733. The first-order valence-electron chi connectivity index (χ1n) is 23.0. The minimum absolute atomic E-state index is 0.00247. The molecule has 0 aromatic heterocycles. The van der Waals surface area contributed by atoms with Gasteiger partial charge in [-0.3, -0.25) is 25.0 Å². The van der Waals surface area contributed by atoms with Gasteiger partial charge >= 0.3 is 30.0 Å². The summed E-state index contributed by atoms with van der Waals surface area (Å²) >= 11 is 35.4. The number of amides is 6. The van der Waals surface area contributed by atoms with Crippen molar-refractivity contribution in [2.24, 2.45) is 35.5 Å². The van der Waals surface area contributed by atoms with Crippen molar-refractivity contribution in [3.8, 4) is 0 Å². The van der Waals surface area contributed by atoms with Crippen molar-refractivity contribution in [3.63, 3.8) is 0 Å². The minimum Gasteiger partial charge on any atom is -0.479 e. The van der Waals surface area contributed by atoms with Crippen LogP contribution in [0.5, 0.6) is 0 Å². The molecule has 75 heavy (non-hydrogen) atoms. The number of esters is 1. The van der Waals surface area contributed by atoms with Crippen molar-refractivity contribution in [3.05, 3.63) is 101 Å². The van der Waals surface area contributed by atoms with Crippen LogP contribution >= 0.6 is 69.6 Å². The second-order valence-electron chi connectivity index (χ2n) is 19.2. The Morgan fingerprint density at radius 1 is 0.573 bits per heavy atom. The predicted molar refractivity (Wildman–Crippen MR) is 257 cm³/mol. The Bertz CT molecular complexity index is 2850. The molecule has 0 bridgehead atoms. The van der Waals surface area contributed by atoms with Gasteiger partial charge in [0.2, 0.25) is 17.0 Å². The van der Waals surface area contributed by atoms with Crippen LogP contribution in [-0.4, -0.2) is 111 Å². The van der Waals surface area contributed by atoms with Crippen molar-refractivity contribution in [1.82, 2.24) is 21.3 Å². The molecule has 14 atom stereocenters. The number of imide groups is 2. The van der Waals surface area contributed by atoms with Crippen LogP contribution in [0.25, 0.3) is 0 Å². The molecular formula is C48H41Cl6F3N4O14. The zero-order valence-electron chi connectivity index (χ0n) is 38.5. The van der Waals surface area contributed by atoms with E-state index in [-0.39, 0.29) is 51.5 Å². The molecule has 6 amide bonds. The maximum Gasteiger partial charge on any atom is 0.344 e. The molecule has 27 heteroatoms. The number of rotatable bonds is 13. The number of nitrogens with one attached hydrogen (secondary N) is 4. The molecule has 6 aliphatic carbocycles. The molecule has 0 radical (unpaired) electrons. The molecule has 3 aromatic carbocycles. The molecule has 11 rings (SSSR count). The summed E-state index contributed by atoms with van der Waals surface area (Å²) in [6.07, 6.45) is -2.22. The molecule has 18 nitrogen and oxygen atoms in total. The standard InChI is InChI=1S/2C16H13Cl2FN2O5.C16H15Cl2FO4/c2*17-8-2-1-6(3-9(8)18)5-26-10-4-7-11(15(7,19)13(23)24)16(10)12(22)20-14(25)21-16;1-2-22-15(21)16(19)9-6-12(14(20)13(9)16)23-7-8-3-4-10(17)11(18)5-8/h2*1-3,7,10-11H,4-5H2,(H,23,24)(H2,20,21,22,25);3-5,9,12-13H,2,6-7H2,1H3/t7-,10-,11+,15-,16+;7-,10-,11+,15-,16-;9-,12-,13-,16-/m111/s1. The molecule has 2 aliphatic heterocycles. The average Bonchev–Trinajstić information content (AvgIpc) is 4.23. The van der Waals surface area contributed by atoms with E-state index in [0.717, 1.165) is 5.56 Å². The number of urea groups is 2. The van der Waals surface area contributed by atoms with E-state index < -0.39 is 124 Å². The van der Waals surface area contributed by atoms with Gasteiger partial charge in [0.05, 0.1) is 74.7 Å². The van der Waals surface area contributed by atoms with Crippen molar-refractivity contribution in [1.29, 1.82) is 0 Å². The lowest BCUT2D eigenvalue weighted by molar-refractivity contribution is -0.155. The summed E-state index contributed by atoms with van der Waals surface area (Å²) in [7, 11) is 0. The first-order chi connectivity index (χ1) is 35.3. The number of carboxylic acids is 2. The predicted octanol–water partition coefficient (Wildman–Crippen LogP) is 7.17. The number of ether oxygens (including phenoxy) is 4. The normalized spacial score (nSPS) is 35.7. The van der Waals surface area contributed by atoms with Crippen LogP contribution in [0.2, 0.25) is 30.1 Å². The average molecular weight is 1170 g/mol. The summed E-state index contributed by atoms with van der Waals surface area (Å²) in [5, 5.41) is 29.5. The number of ketones is 1. The lowest BCUT2D eigenvalue weighted by atomic mass is 9.87. The van der Waals surface area contributed by atoms with E-state index in [1.807, 2.05) is 0 Å². The first kappa shape index (κ1) is 54.8. The largest absolute Gasteiger partial charge is 0.479 e. The molecule has 400 valence electrons. The van der Waals surface area contributed by atoms with Crippen molar-refractivity contribution >= 4 is 117 Å². The molecule has 6 N–H and O–H groups in total. The van der Waals surface area contributed by atoms with Crippen molar-refractivity contribution in [2.45, 2.75) is 92.4 Å². The zero-order chi connectivity index (χ0) is 54.5. The molecule has 0 unspecified atom stereocenters. The van der Waals surface area contributed by atoms with Crippen molar-refractivity contribution in [2.75, 3.05) is 6.61 Å². The van der Waals surface area contributed by atoms with E-state index in [2.05, 4.69) is 21.3 Å². The van der Waals surface area contributed by atoms with Gasteiger partial charge in [0, 0.05) is 29.6 Å². The van der Waals surface area contributed by atoms with Gasteiger partial charge in [-0.05, 0) is 79.3 Å². The maximum absolute atomic E-state index is 14.7. The van der Waals surface area contributed by atoms with Crippen LogP contribution in [0.15, 0.2) is 54.6 Å². The van der Waals surface area contributed by atoms with Gasteiger partial charge in [-0.2, -0.15) is 0 Å². The minimum atomic E-state index is -2.54. The Labute approximate surface area is 452 Å². The Kier molecular flexibility index (Phi) is 14.5. The third kappa shape index (κ3) is 8.96. The van der Waals surface area contributed by atoms with Gasteiger partial charge in [0.1, 0.15) is 6.10 Å². The van der Waals surface area contributed by atoms with E-state index >= 15 is 0 Å². The number of halogens is 9. The highest BCUT2D eigenvalue weighted by atomic mass is 35.5. The number of Topliss-reactive ketones (excluding diaryl/α,β-unsaturated/α-hetero) is 1. The molecule has 2 saturated heterocycles. The maximum atomic E-state index is 14.7. The lowest BCUT2D eigenvalue weighted by Gasteiger charge is -2.32. The SMILES string of the molecule is CCOC(=O)[C@@]1(F)[C@@H]2C[C@@H](OCc3ccc(Cl)c(Cl)c3)C(=O)[C@@H]21.O=C1NC(=O)[C@@]2(N1)[C@H](OCc1ccc(Cl)c(Cl)c1)C[C@@H]1[C@H]2[C@@]1(F)C(=O)O.O=C1NC(=O)[C@]2(N1)[C@H](OCc1ccc(Cl)c(Cl)c1)C[C@@H]1[C@H]2[C@@]1(F)C(=O)O. The van der Waals surface area contributed by atoms with E-state index in [9.17, 15) is 61.7 Å². The summed E-state index contributed by atoms with van der Waals surface area (Å²) in [4.78, 5) is 94.5. The fourth-order valence-electron chi connectivity index (χ4n) is 11.7. The fraction of sp³-hybridized carbons (Fsp3) is 0.458. The van der Waals surface area contributed by atoms with Gasteiger partial charge in [-0.1, -0.05) is 87.8 Å². The number of carbonyl (C=O) groups excluding carboxylic acids is 6. The van der Waals surface area contributed by atoms with Crippen LogP contribution in [0.3, 0.4) is 0 Å². The number of carboxylic acid groups (broad SMARTS) is 2. The number of aliphatic carboxylic acids is 2. The summed E-state index contributed by atoms with van der Waals surface area (Å²) in [5.74, 6) is -11.8. The summed E-state index contributed by atoms with van der Waals surface area (Å²) in [5.41, 5.74) is -8.59. The van der Waals surface area contributed by atoms with Gasteiger partial charge in [0.25, 0.3) is 11.8 Å². The number of benzene rings is 3. The second-order valence-corrected chi connectivity index (χ2v) is 21.6. The Balaban J connectivity index is 0.000000138.